The van der Waals surface area contributed by atoms with E-state index < -0.39 is 41.1 Å². The summed E-state index contributed by atoms with van der Waals surface area (Å²) in [7, 11) is -3.24. The zero-order chi connectivity index (χ0) is 48.4. The maximum atomic E-state index is 13.0. The van der Waals surface area contributed by atoms with E-state index in [1.165, 1.54) is 71.4 Å². The number of rotatable bonds is 30. The summed E-state index contributed by atoms with van der Waals surface area (Å²) < 4.78 is 33.6. The summed E-state index contributed by atoms with van der Waals surface area (Å²) in [6, 6.07) is 32.5. The zero-order valence-electron chi connectivity index (χ0n) is 44.2. The molecule has 0 heterocycles. The molecule has 8 heteroatoms. The number of hydrogen-bond donors (Lipinski definition) is 1. The van der Waals surface area contributed by atoms with Gasteiger partial charge in [-0.15, -0.1) is 0 Å². The fourth-order valence-electron chi connectivity index (χ4n) is 9.55. The minimum atomic E-state index is -3.15. The molecule has 0 aliphatic carbocycles. The third-order valence-corrected chi connectivity index (χ3v) is 40.5. The van der Waals surface area contributed by atoms with E-state index in [9.17, 15) is 5.11 Å². The normalized spacial score (nSPS) is 15.5. The summed E-state index contributed by atoms with van der Waals surface area (Å²) >= 11 is -3.15. The van der Waals surface area contributed by atoms with Crippen molar-refractivity contribution in [2.75, 3.05) is 20.3 Å². The van der Waals surface area contributed by atoms with Gasteiger partial charge in [0.2, 0.25) is 0 Å². The third-order valence-electron chi connectivity index (χ3n) is 14.9. The van der Waals surface area contributed by atoms with Crippen LogP contribution in [0.25, 0.3) is 0 Å². The fourth-order valence-corrected chi connectivity index (χ4v) is 33.2. The van der Waals surface area contributed by atoms with Crippen LogP contribution in [0.3, 0.4) is 0 Å². The number of methoxy groups -OCH3 is 1. The molecule has 0 saturated carbocycles. The Bertz CT molecular complexity index is 1710. The molecule has 65 heavy (non-hydrogen) atoms. The summed E-state index contributed by atoms with van der Waals surface area (Å²) in [5.74, 6) is 0.248. The first-order valence-electron chi connectivity index (χ1n) is 25.6. The van der Waals surface area contributed by atoms with E-state index in [2.05, 4.69) is 193 Å². The first kappa shape index (κ1) is 57.7. The third kappa shape index (κ3) is 16.5. The van der Waals surface area contributed by atoms with Crippen LogP contribution in [0.5, 0.6) is 0 Å². The molecule has 0 aliphatic heterocycles. The summed E-state index contributed by atoms with van der Waals surface area (Å²) in [4.78, 5) is 0. The molecule has 3 aromatic rings. The molecule has 0 unspecified atom stereocenters. The SMILES string of the molecule is CCC[CH2][Sn]([CH2]CCC)([CH2]CCC)/[C](=C/[C@@H](CC)COCc1ccccc1)[C@@H](O)C[C@H](C[C@H](O[Si](C)(C)C(C)(C)C)C(C)(C)CO[Si](c1ccccc1)(c1ccccc1)C(C)(C)C)OC. The van der Waals surface area contributed by atoms with Crippen molar-refractivity contribution in [2.45, 2.75) is 202 Å². The molecule has 0 aromatic heterocycles. The van der Waals surface area contributed by atoms with Gasteiger partial charge in [-0.25, -0.2) is 0 Å². The second-order valence-corrected chi connectivity index (χ2v) is 44.8. The van der Waals surface area contributed by atoms with Crippen LogP contribution in [-0.4, -0.2) is 78.8 Å². The van der Waals surface area contributed by atoms with Gasteiger partial charge < -0.3 is 0 Å². The Morgan fingerprint density at radius 3 is 1.57 bits per heavy atom. The zero-order valence-corrected chi connectivity index (χ0v) is 49.1. The second-order valence-electron chi connectivity index (χ2n) is 22.5. The van der Waals surface area contributed by atoms with Gasteiger partial charge in [0.05, 0.1) is 0 Å². The monoisotopic (exact) mass is 1040 g/mol. The van der Waals surface area contributed by atoms with Crippen molar-refractivity contribution in [2.24, 2.45) is 11.3 Å². The van der Waals surface area contributed by atoms with Gasteiger partial charge in [0, 0.05) is 0 Å². The van der Waals surface area contributed by atoms with Crippen LogP contribution in [0.2, 0.25) is 36.5 Å². The van der Waals surface area contributed by atoms with Crippen molar-refractivity contribution >= 4 is 45.4 Å². The van der Waals surface area contributed by atoms with E-state index in [4.69, 9.17) is 18.3 Å². The van der Waals surface area contributed by atoms with E-state index in [1.54, 1.807) is 0 Å². The molecule has 3 rings (SSSR count). The van der Waals surface area contributed by atoms with Gasteiger partial charge >= 0.3 is 373 Å². The van der Waals surface area contributed by atoms with Crippen LogP contribution in [0.15, 0.2) is 101 Å². The summed E-state index contributed by atoms with van der Waals surface area (Å²) in [6.07, 6.45) is 11.2. The fraction of sp³-hybridized carbons (Fsp3) is 0.649. The molecular weight excluding hydrogens is 940 g/mol. The molecule has 4 atom stereocenters. The molecule has 5 nitrogen and oxygen atoms in total. The average molecular weight is 1040 g/mol. The molecule has 0 saturated heterocycles. The van der Waals surface area contributed by atoms with Crippen LogP contribution in [-0.2, 0) is 24.9 Å². The van der Waals surface area contributed by atoms with Crippen molar-refractivity contribution in [3.63, 3.8) is 0 Å². The molecule has 0 bridgehead atoms. The van der Waals surface area contributed by atoms with Crippen molar-refractivity contribution in [3.8, 4) is 0 Å². The van der Waals surface area contributed by atoms with Crippen LogP contribution in [0.1, 0.15) is 146 Å². The summed E-state index contributed by atoms with van der Waals surface area (Å²) in [6.45, 7) is 34.6. The molecule has 0 radical (unpaired) electrons. The van der Waals surface area contributed by atoms with Gasteiger partial charge in [0.1, 0.15) is 0 Å². The number of aliphatic hydroxyl groups is 1. The molecule has 0 aliphatic rings. The quantitative estimate of drug-likeness (QED) is 0.0674. The molecule has 3 aromatic carbocycles. The first-order valence-corrected chi connectivity index (χ1v) is 37.9. The molecular formula is C57H96O5Si2Sn. The van der Waals surface area contributed by atoms with Crippen molar-refractivity contribution in [1.29, 1.82) is 0 Å². The van der Waals surface area contributed by atoms with Crippen LogP contribution in [0.4, 0.5) is 0 Å². The molecule has 366 valence electrons. The Labute approximate surface area is 406 Å². The van der Waals surface area contributed by atoms with E-state index in [-0.39, 0.29) is 33.6 Å². The number of benzene rings is 3. The number of hydrogen-bond acceptors (Lipinski definition) is 5. The van der Waals surface area contributed by atoms with Crippen molar-refractivity contribution in [3.05, 3.63) is 106 Å². The number of unbranched alkanes of at least 4 members (excludes halogenated alkanes) is 3. The first-order chi connectivity index (χ1) is 30.7. The number of aliphatic hydroxyl groups excluding tert-OH is 1. The predicted molar refractivity (Wildman–Crippen MR) is 288 cm³/mol. The molecule has 1 N–H and O–H groups in total. The van der Waals surface area contributed by atoms with Crippen LogP contribution in [0, 0.1) is 11.3 Å². The van der Waals surface area contributed by atoms with E-state index in [0.29, 0.717) is 32.7 Å². The predicted octanol–water partition coefficient (Wildman–Crippen LogP) is 14.7. The topological polar surface area (TPSA) is 57.2 Å². The Balaban J connectivity index is 2.13. The summed E-state index contributed by atoms with van der Waals surface area (Å²) in [5.41, 5.74) is 0.824. The van der Waals surface area contributed by atoms with Gasteiger partial charge in [0.25, 0.3) is 0 Å². The van der Waals surface area contributed by atoms with E-state index in [1.807, 2.05) is 7.11 Å². The van der Waals surface area contributed by atoms with Gasteiger partial charge in [-0.05, 0) is 0 Å². The van der Waals surface area contributed by atoms with Gasteiger partial charge in [-0.2, -0.15) is 0 Å². The Morgan fingerprint density at radius 1 is 0.677 bits per heavy atom. The summed E-state index contributed by atoms with van der Waals surface area (Å²) in [5, 5.41) is 15.5. The Morgan fingerprint density at radius 2 is 1.15 bits per heavy atom. The van der Waals surface area contributed by atoms with Crippen LogP contribution < -0.4 is 10.4 Å². The van der Waals surface area contributed by atoms with Crippen molar-refractivity contribution in [1.82, 2.24) is 0 Å². The molecule has 0 amide bonds. The van der Waals surface area contributed by atoms with E-state index >= 15 is 0 Å². The van der Waals surface area contributed by atoms with Gasteiger partial charge in [-0.1, -0.05) is 36.4 Å². The molecule has 0 fully saturated rings. The Hall–Kier alpha value is -1.57. The standard InChI is InChI=1S/C45H69O5Si2.3C4H9.Sn/c1-13-36(33-48-34-37-23-17-14-18-24-37)29-30-38(46)31-39(47-10)32-42(50-51(11,12)43(2,3)4)45(8,9)35-49-52(44(5,6)7,40-25-19-15-20-26-40)41-27-21-16-22-28-41;3*1-3-4-2;/h14-29,36,38-39,42,46H,13,31-35H2,1-12H3;3*1,3-4H2,2H3;/t36-,38-,39-,42+;;;;/m1..../s1. The maximum absolute atomic E-state index is 13.0. The minimum absolute atomic E-state index is 0.0157. The van der Waals surface area contributed by atoms with Gasteiger partial charge in [0.15, 0.2) is 0 Å². The van der Waals surface area contributed by atoms with Crippen LogP contribution >= 0.6 is 0 Å². The van der Waals surface area contributed by atoms with E-state index in [0.717, 1.165) is 6.42 Å². The average Bonchev–Trinajstić information content (AvgIpc) is 3.27. The van der Waals surface area contributed by atoms with Gasteiger partial charge in [-0.3, -0.25) is 0 Å². The Kier molecular flexibility index (Phi) is 24.0. The second kappa shape index (κ2) is 27.0. The number of ether oxygens (including phenoxy) is 2. The molecule has 0 spiro atoms. The van der Waals surface area contributed by atoms with Crippen molar-refractivity contribution < 1.29 is 23.4 Å².